The summed E-state index contributed by atoms with van der Waals surface area (Å²) in [5, 5.41) is 4.86. The van der Waals surface area contributed by atoms with Gasteiger partial charge >= 0.3 is 0 Å². The molecule has 1 heterocycles. The molecular formula is C10H9ClIN3. The smallest absolute Gasteiger partial charge is 0.0832 e. The second-order valence-corrected chi connectivity index (χ2v) is 4.75. The Balaban J connectivity index is 2.45. The first-order valence-electron chi connectivity index (χ1n) is 4.40. The molecule has 1 aromatic carbocycles. The maximum absolute atomic E-state index is 6.13. The van der Waals surface area contributed by atoms with E-state index in [4.69, 9.17) is 17.3 Å². The molecule has 2 aromatic rings. The van der Waals surface area contributed by atoms with E-state index in [2.05, 4.69) is 27.7 Å². The highest BCUT2D eigenvalue weighted by Gasteiger charge is 2.04. The zero-order valence-corrected chi connectivity index (χ0v) is 10.7. The van der Waals surface area contributed by atoms with Crippen LogP contribution < -0.4 is 5.73 Å². The molecule has 0 saturated carbocycles. The van der Waals surface area contributed by atoms with E-state index >= 15 is 0 Å². The molecule has 0 amide bonds. The fraction of sp³-hybridized carbons (Fsp3) is 0.100. The van der Waals surface area contributed by atoms with E-state index < -0.39 is 0 Å². The summed E-state index contributed by atoms with van der Waals surface area (Å²) in [7, 11) is 0. The number of hydrogen-bond donors (Lipinski definition) is 1. The minimum atomic E-state index is 0.497. The number of nitrogens with two attached hydrogens (primary N) is 1. The Bertz CT molecular complexity index is 481. The average molecular weight is 334 g/mol. The van der Waals surface area contributed by atoms with Crippen molar-refractivity contribution in [2.75, 3.05) is 0 Å². The zero-order chi connectivity index (χ0) is 10.8. The first-order valence-corrected chi connectivity index (χ1v) is 5.85. The Morgan fingerprint density at radius 2 is 2.27 bits per heavy atom. The third-order valence-corrected chi connectivity index (χ3v) is 2.91. The van der Waals surface area contributed by atoms with Crippen LogP contribution in [0.4, 0.5) is 0 Å². The fourth-order valence-electron chi connectivity index (χ4n) is 1.30. The number of halogens is 2. The molecule has 0 radical (unpaired) electrons. The molecule has 2 N–H and O–H groups in total. The van der Waals surface area contributed by atoms with Crippen molar-refractivity contribution in [3.05, 3.63) is 44.7 Å². The topological polar surface area (TPSA) is 43.8 Å². The van der Waals surface area contributed by atoms with Crippen LogP contribution in [-0.2, 0) is 6.54 Å². The predicted molar refractivity (Wildman–Crippen MR) is 69.2 cm³/mol. The predicted octanol–water partition coefficient (Wildman–Crippen LogP) is 2.59. The normalized spacial score (nSPS) is 10.6. The summed E-state index contributed by atoms with van der Waals surface area (Å²) in [4.78, 5) is 0. The van der Waals surface area contributed by atoms with Crippen LogP contribution in [0.1, 0.15) is 5.56 Å². The first-order chi connectivity index (χ1) is 7.20. The maximum Gasteiger partial charge on any atom is 0.0832 e. The largest absolute Gasteiger partial charge is 0.326 e. The Morgan fingerprint density at radius 3 is 2.80 bits per heavy atom. The van der Waals surface area contributed by atoms with Crippen molar-refractivity contribution in [2.24, 2.45) is 5.73 Å². The van der Waals surface area contributed by atoms with E-state index in [1.165, 1.54) is 0 Å². The molecule has 0 atom stereocenters. The lowest BCUT2D eigenvalue weighted by molar-refractivity contribution is 0.878. The number of benzene rings is 1. The van der Waals surface area contributed by atoms with Gasteiger partial charge in [-0.25, -0.2) is 4.68 Å². The number of nitrogens with zero attached hydrogens (tertiary/aromatic N) is 2. The molecular weight excluding hydrogens is 324 g/mol. The van der Waals surface area contributed by atoms with Crippen LogP contribution in [0.15, 0.2) is 30.6 Å². The van der Waals surface area contributed by atoms with Gasteiger partial charge in [-0.05, 0) is 40.3 Å². The lowest BCUT2D eigenvalue weighted by atomic mass is 10.2. The lowest BCUT2D eigenvalue weighted by Gasteiger charge is -2.05. The molecule has 0 aliphatic heterocycles. The van der Waals surface area contributed by atoms with Crippen molar-refractivity contribution < 1.29 is 0 Å². The van der Waals surface area contributed by atoms with Gasteiger partial charge in [-0.15, -0.1) is 0 Å². The lowest BCUT2D eigenvalue weighted by Crippen LogP contribution is -1.99. The van der Waals surface area contributed by atoms with Crippen LogP contribution in [0.3, 0.4) is 0 Å². The van der Waals surface area contributed by atoms with Gasteiger partial charge in [-0.2, -0.15) is 5.10 Å². The van der Waals surface area contributed by atoms with Gasteiger partial charge in [0, 0.05) is 12.7 Å². The van der Waals surface area contributed by atoms with Gasteiger partial charge in [0.05, 0.1) is 20.5 Å². The highest BCUT2D eigenvalue weighted by molar-refractivity contribution is 14.1. The summed E-state index contributed by atoms with van der Waals surface area (Å²) >= 11 is 8.34. The number of aromatic nitrogens is 2. The van der Waals surface area contributed by atoms with E-state index in [1.54, 1.807) is 10.9 Å². The van der Waals surface area contributed by atoms with E-state index in [-0.39, 0.29) is 0 Å². The number of rotatable bonds is 2. The molecule has 0 saturated heterocycles. The second-order valence-electron chi connectivity index (χ2n) is 3.09. The van der Waals surface area contributed by atoms with Crippen LogP contribution in [-0.4, -0.2) is 9.78 Å². The van der Waals surface area contributed by atoms with Gasteiger partial charge < -0.3 is 5.73 Å². The molecule has 0 aliphatic rings. The van der Waals surface area contributed by atoms with E-state index in [1.807, 2.05) is 24.4 Å². The van der Waals surface area contributed by atoms with Gasteiger partial charge in [0.2, 0.25) is 0 Å². The van der Waals surface area contributed by atoms with E-state index in [0.29, 0.717) is 11.6 Å². The van der Waals surface area contributed by atoms with Crippen LogP contribution in [0.5, 0.6) is 0 Å². The Hall–Kier alpha value is -0.590. The highest BCUT2D eigenvalue weighted by Crippen LogP contribution is 2.21. The molecule has 0 bridgehead atoms. The molecule has 78 valence electrons. The summed E-state index contributed by atoms with van der Waals surface area (Å²) < 4.78 is 2.83. The van der Waals surface area contributed by atoms with Crippen molar-refractivity contribution in [3.8, 4) is 5.69 Å². The van der Waals surface area contributed by atoms with Crippen molar-refractivity contribution in [3.63, 3.8) is 0 Å². The standard InChI is InChI=1S/C10H9ClIN3/c11-9-3-7(4-13)1-2-10(9)15-6-8(12)5-14-15/h1-3,5-6H,4,13H2. The van der Waals surface area contributed by atoms with Crippen molar-refractivity contribution in [1.82, 2.24) is 9.78 Å². The van der Waals surface area contributed by atoms with Gasteiger partial charge in [0.25, 0.3) is 0 Å². The highest BCUT2D eigenvalue weighted by atomic mass is 127. The summed E-state index contributed by atoms with van der Waals surface area (Å²) in [6, 6.07) is 5.74. The molecule has 5 heteroatoms. The Labute approximate surface area is 106 Å². The zero-order valence-electron chi connectivity index (χ0n) is 7.82. The molecule has 0 aliphatic carbocycles. The second kappa shape index (κ2) is 4.51. The van der Waals surface area contributed by atoms with Gasteiger partial charge in [0.15, 0.2) is 0 Å². The maximum atomic E-state index is 6.13. The molecule has 3 nitrogen and oxygen atoms in total. The summed E-state index contributed by atoms with van der Waals surface area (Å²) in [5.74, 6) is 0. The first kappa shape index (κ1) is 10.9. The van der Waals surface area contributed by atoms with E-state index in [9.17, 15) is 0 Å². The van der Waals surface area contributed by atoms with Crippen LogP contribution in [0.25, 0.3) is 5.69 Å². The third-order valence-electron chi connectivity index (χ3n) is 2.05. The van der Waals surface area contributed by atoms with Gasteiger partial charge in [0.1, 0.15) is 0 Å². The quantitative estimate of drug-likeness (QED) is 0.859. The average Bonchev–Trinajstić information content (AvgIpc) is 2.64. The minimum Gasteiger partial charge on any atom is -0.326 e. The van der Waals surface area contributed by atoms with Crippen molar-refractivity contribution in [2.45, 2.75) is 6.54 Å². The van der Waals surface area contributed by atoms with Crippen molar-refractivity contribution >= 4 is 34.2 Å². The van der Waals surface area contributed by atoms with E-state index in [0.717, 1.165) is 14.8 Å². The fourth-order valence-corrected chi connectivity index (χ4v) is 1.97. The monoisotopic (exact) mass is 333 g/mol. The molecule has 0 unspecified atom stereocenters. The summed E-state index contributed by atoms with van der Waals surface area (Å²) in [6.07, 6.45) is 3.71. The molecule has 15 heavy (non-hydrogen) atoms. The molecule has 0 spiro atoms. The molecule has 0 fully saturated rings. The third kappa shape index (κ3) is 2.32. The van der Waals surface area contributed by atoms with Crippen LogP contribution in [0, 0.1) is 3.57 Å². The summed E-state index contributed by atoms with van der Waals surface area (Å²) in [6.45, 7) is 0.497. The van der Waals surface area contributed by atoms with Crippen LogP contribution in [0.2, 0.25) is 5.02 Å². The number of hydrogen-bond acceptors (Lipinski definition) is 2. The Morgan fingerprint density at radius 1 is 1.47 bits per heavy atom. The SMILES string of the molecule is NCc1ccc(-n2cc(I)cn2)c(Cl)c1. The molecule has 2 rings (SSSR count). The van der Waals surface area contributed by atoms with Crippen LogP contribution >= 0.6 is 34.2 Å². The Kier molecular flexibility index (Phi) is 3.28. The van der Waals surface area contributed by atoms with Gasteiger partial charge in [-0.3, -0.25) is 0 Å². The van der Waals surface area contributed by atoms with Crippen molar-refractivity contribution in [1.29, 1.82) is 0 Å². The van der Waals surface area contributed by atoms with Gasteiger partial charge in [-0.1, -0.05) is 17.7 Å². The minimum absolute atomic E-state index is 0.497. The molecule has 1 aromatic heterocycles. The summed E-state index contributed by atoms with van der Waals surface area (Å²) in [5.41, 5.74) is 7.42.